The summed E-state index contributed by atoms with van der Waals surface area (Å²) in [5.74, 6) is -0.0380. The number of benzene rings is 2. The summed E-state index contributed by atoms with van der Waals surface area (Å²) in [6.07, 6.45) is 0.934. The number of carbonyl (C=O) groups excluding carboxylic acids is 1. The molecule has 0 aromatic heterocycles. The Morgan fingerprint density at radius 3 is 2.57 bits per heavy atom. The Labute approximate surface area is 135 Å². The van der Waals surface area contributed by atoms with Crippen molar-refractivity contribution >= 4 is 21.6 Å². The molecular weight excluding hydrogens is 312 g/mol. The zero-order valence-corrected chi connectivity index (χ0v) is 13.6. The summed E-state index contributed by atoms with van der Waals surface area (Å²) < 4.78 is 27.8. The average molecular weight is 330 g/mol. The maximum absolute atomic E-state index is 12.6. The molecule has 0 radical (unpaired) electrons. The maximum Gasteiger partial charge on any atom is 0.241 e. The molecule has 0 fully saturated rings. The van der Waals surface area contributed by atoms with E-state index in [1.165, 1.54) is 6.07 Å². The molecule has 0 spiro atoms. The number of carbonyl (C=O) groups is 1. The van der Waals surface area contributed by atoms with Crippen LogP contribution in [0.15, 0.2) is 53.4 Å². The minimum Gasteiger partial charge on any atom is -0.326 e. The van der Waals surface area contributed by atoms with E-state index in [0.29, 0.717) is 18.5 Å². The Balaban J connectivity index is 1.84. The second-order valence-corrected chi connectivity index (χ2v) is 7.33. The van der Waals surface area contributed by atoms with Crippen LogP contribution in [0.25, 0.3) is 0 Å². The topological polar surface area (TPSA) is 75.3 Å². The molecule has 1 atom stereocenters. The van der Waals surface area contributed by atoms with Gasteiger partial charge in [0.25, 0.3) is 0 Å². The van der Waals surface area contributed by atoms with Crippen molar-refractivity contribution in [1.29, 1.82) is 0 Å². The fraction of sp³-hybridized carbons (Fsp3) is 0.235. The monoisotopic (exact) mass is 330 g/mol. The molecule has 120 valence electrons. The summed E-state index contributed by atoms with van der Waals surface area (Å²) in [6.45, 7) is 1.81. The van der Waals surface area contributed by atoms with Crippen molar-refractivity contribution in [2.24, 2.45) is 0 Å². The van der Waals surface area contributed by atoms with Crippen LogP contribution >= 0.6 is 0 Å². The highest BCUT2D eigenvalue weighted by Gasteiger charge is 2.21. The first-order chi connectivity index (χ1) is 11.0. The second kappa shape index (κ2) is 6.14. The van der Waals surface area contributed by atoms with E-state index in [1.54, 1.807) is 12.1 Å². The van der Waals surface area contributed by atoms with Gasteiger partial charge in [-0.2, -0.15) is 0 Å². The van der Waals surface area contributed by atoms with E-state index in [1.807, 2.05) is 37.3 Å². The zero-order chi connectivity index (χ0) is 16.4. The number of hydrogen-bond donors (Lipinski definition) is 2. The van der Waals surface area contributed by atoms with Crippen molar-refractivity contribution in [2.45, 2.75) is 30.7 Å². The molecule has 1 aliphatic heterocycles. The first-order valence-corrected chi connectivity index (χ1v) is 8.94. The van der Waals surface area contributed by atoms with Gasteiger partial charge in [0.05, 0.1) is 4.90 Å². The third-order valence-electron chi connectivity index (χ3n) is 3.91. The van der Waals surface area contributed by atoms with Crippen molar-refractivity contribution in [3.8, 4) is 0 Å². The lowest BCUT2D eigenvalue weighted by molar-refractivity contribution is -0.116. The van der Waals surface area contributed by atoms with Crippen molar-refractivity contribution in [3.05, 3.63) is 59.7 Å². The predicted molar refractivity (Wildman–Crippen MR) is 88.6 cm³/mol. The van der Waals surface area contributed by atoms with Crippen molar-refractivity contribution in [3.63, 3.8) is 0 Å². The third-order valence-corrected chi connectivity index (χ3v) is 5.45. The van der Waals surface area contributed by atoms with Gasteiger partial charge < -0.3 is 5.32 Å². The highest BCUT2D eigenvalue weighted by molar-refractivity contribution is 7.89. The summed E-state index contributed by atoms with van der Waals surface area (Å²) in [6, 6.07) is 13.9. The lowest BCUT2D eigenvalue weighted by Gasteiger charge is -2.19. The van der Waals surface area contributed by atoms with Gasteiger partial charge in [-0.1, -0.05) is 30.3 Å². The van der Waals surface area contributed by atoms with Crippen LogP contribution in [0.4, 0.5) is 5.69 Å². The van der Waals surface area contributed by atoms with E-state index < -0.39 is 10.0 Å². The van der Waals surface area contributed by atoms with E-state index >= 15 is 0 Å². The Morgan fingerprint density at radius 1 is 1.09 bits per heavy atom. The Morgan fingerprint density at radius 2 is 1.83 bits per heavy atom. The van der Waals surface area contributed by atoms with E-state index in [2.05, 4.69) is 10.0 Å². The Hall–Kier alpha value is -2.18. The summed E-state index contributed by atoms with van der Waals surface area (Å²) in [5, 5.41) is 2.75. The number of fused-ring (bicyclic) bond motifs is 1. The summed E-state index contributed by atoms with van der Waals surface area (Å²) in [4.78, 5) is 11.6. The number of sulfonamides is 1. The summed E-state index contributed by atoms with van der Waals surface area (Å²) in [5.41, 5.74) is 2.44. The molecule has 1 unspecified atom stereocenters. The molecule has 0 saturated carbocycles. The van der Waals surface area contributed by atoms with Gasteiger partial charge in [-0.15, -0.1) is 0 Å². The smallest absolute Gasteiger partial charge is 0.241 e. The van der Waals surface area contributed by atoms with Gasteiger partial charge in [0.2, 0.25) is 15.9 Å². The SMILES string of the molecule is CC(NS(=O)(=O)c1ccc2c(c1)CCC(=O)N2)c1ccccc1. The molecule has 3 rings (SSSR count). The molecule has 0 saturated heterocycles. The predicted octanol–water partition coefficient (Wildman–Crippen LogP) is 2.61. The zero-order valence-electron chi connectivity index (χ0n) is 12.7. The van der Waals surface area contributed by atoms with E-state index in [4.69, 9.17) is 0 Å². The molecule has 2 aromatic rings. The van der Waals surface area contributed by atoms with Crippen molar-refractivity contribution in [2.75, 3.05) is 5.32 Å². The molecule has 1 amide bonds. The average Bonchev–Trinajstić information content (AvgIpc) is 2.54. The lowest BCUT2D eigenvalue weighted by Crippen LogP contribution is -2.27. The first-order valence-electron chi connectivity index (χ1n) is 7.46. The van der Waals surface area contributed by atoms with Crippen LogP contribution in [0.1, 0.15) is 30.5 Å². The molecule has 2 aromatic carbocycles. The molecule has 0 bridgehead atoms. The molecule has 23 heavy (non-hydrogen) atoms. The minimum absolute atomic E-state index is 0.0380. The van der Waals surface area contributed by atoms with Crippen LogP contribution in [-0.2, 0) is 21.2 Å². The molecule has 1 heterocycles. The fourth-order valence-corrected chi connectivity index (χ4v) is 3.92. The Bertz CT molecular complexity index is 832. The number of aryl methyl sites for hydroxylation is 1. The number of anilines is 1. The maximum atomic E-state index is 12.6. The van der Waals surface area contributed by atoms with Crippen LogP contribution in [0.3, 0.4) is 0 Å². The van der Waals surface area contributed by atoms with Gasteiger partial charge in [-0.3, -0.25) is 4.79 Å². The number of hydrogen-bond acceptors (Lipinski definition) is 3. The standard InChI is InChI=1S/C17H18N2O3S/c1-12(13-5-3-2-4-6-13)19-23(21,22)15-8-9-16-14(11-15)7-10-17(20)18-16/h2-6,8-9,11-12,19H,7,10H2,1H3,(H,18,20). The van der Waals surface area contributed by atoms with Gasteiger partial charge in [0.1, 0.15) is 0 Å². The fourth-order valence-electron chi connectivity index (χ4n) is 2.64. The van der Waals surface area contributed by atoms with Gasteiger partial charge in [0, 0.05) is 18.2 Å². The summed E-state index contributed by atoms with van der Waals surface area (Å²) >= 11 is 0. The highest BCUT2D eigenvalue weighted by atomic mass is 32.2. The van der Waals surface area contributed by atoms with E-state index in [9.17, 15) is 13.2 Å². The van der Waals surface area contributed by atoms with Crippen molar-refractivity contribution < 1.29 is 13.2 Å². The van der Waals surface area contributed by atoms with Gasteiger partial charge in [-0.25, -0.2) is 13.1 Å². The van der Waals surface area contributed by atoms with Crippen LogP contribution in [0.2, 0.25) is 0 Å². The molecule has 5 nitrogen and oxygen atoms in total. The van der Waals surface area contributed by atoms with Crippen LogP contribution < -0.4 is 10.0 Å². The number of rotatable bonds is 4. The third kappa shape index (κ3) is 3.43. The largest absolute Gasteiger partial charge is 0.326 e. The van der Waals surface area contributed by atoms with Crippen LogP contribution in [0.5, 0.6) is 0 Å². The quantitative estimate of drug-likeness (QED) is 0.905. The molecule has 6 heteroatoms. The molecule has 2 N–H and O–H groups in total. The van der Waals surface area contributed by atoms with Gasteiger partial charge in [0.15, 0.2) is 0 Å². The van der Waals surface area contributed by atoms with E-state index in [-0.39, 0.29) is 16.8 Å². The Kier molecular flexibility index (Phi) is 4.19. The lowest BCUT2D eigenvalue weighted by atomic mass is 10.0. The normalized spacial score (nSPS) is 15.6. The molecular formula is C17H18N2O3S. The van der Waals surface area contributed by atoms with Crippen LogP contribution in [-0.4, -0.2) is 14.3 Å². The highest BCUT2D eigenvalue weighted by Crippen LogP contribution is 2.26. The minimum atomic E-state index is -3.62. The van der Waals surface area contributed by atoms with Crippen molar-refractivity contribution in [1.82, 2.24) is 4.72 Å². The van der Waals surface area contributed by atoms with E-state index in [0.717, 1.165) is 11.1 Å². The summed E-state index contributed by atoms with van der Waals surface area (Å²) in [7, 11) is -3.62. The van der Waals surface area contributed by atoms with Crippen LogP contribution in [0, 0.1) is 0 Å². The molecule has 0 aliphatic carbocycles. The van der Waals surface area contributed by atoms with Gasteiger partial charge in [-0.05, 0) is 42.7 Å². The number of nitrogens with one attached hydrogen (secondary N) is 2. The number of amides is 1. The first kappa shape index (κ1) is 15.7. The second-order valence-electron chi connectivity index (χ2n) is 5.62. The molecule has 1 aliphatic rings. The van der Waals surface area contributed by atoms with Gasteiger partial charge >= 0.3 is 0 Å².